The van der Waals surface area contributed by atoms with Crippen molar-refractivity contribution in [3.05, 3.63) is 0 Å². The van der Waals surface area contributed by atoms with Gasteiger partial charge in [0.15, 0.2) is 0 Å². The Kier molecular flexibility index (Phi) is 4.16. The largest absolute Gasteiger partial charge is 0.343 e. The Morgan fingerprint density at radius 1 is 1.36 bits per heavy atom. The van der Waals surface area contributed by atoms with Gasteiger partial charge in [-0.25, -0.2) is 0 Å². The Morgan fingerprint density at radius 2 is 1.82 bits per heavy atom. The van der Waals surface area contributed by atoms with E-state index in [1.54, 1.807) is 6.92 Å². The fraction of sp³-hybridized carbons (Fsp3) is 0.889. The lowest BCUT2D eigenvalue weighted by molar-refractivity contribution is -0.130. The van der Waals surface area contributed by atoms with Crippen molar-refractivity contribution in [1.29, 1.82) is 0 Å². The van der Waals surface area contributed by atoms with Gasteiger partial charge < -0.3 is 4.90 Å². The SMILES string of the molecule is C.CC(=O)N1CCC(C)CC1. The number of piperidine rings is 1. The van der Waals surface area contributed by atoms with Crippen LogP contribution in [0.4, 0.5) is 0 Å². The lowest BCUT2D eigenvalue weighted by Gasteiger charge is -2.29. The molecule has 66 valence electrons. The molecule has 1 rings (SSSR count). The van der Waals surface area contributed by atoms with Crippen molar-refractivity contribution in [3.63, 3.8) is 0 Å². The molecular weight excluding hydrogens is 138 g/mol. The molecule has 1 aliphatic rings. The Bertz CT molecular complexity index is 126. The second kappa shape index (κ2) is 4.37. The molecule has 2 nitrogen and oxygen atoms in total. The maximum Gasteiger partial charge on any atom is 0.219 e. The maximum absolute atomic E-state index is 10.8. The second-order valence-corrected chi connectivity index (χ2v) is 3.19. The first-order chi connectivity index (χ1) is 4.70. The Morgan fingerprint density at radius 3 is 2.18 bits per heavy atom. The highest BCUT2D eigenvalue weighted by molar-refractivity contribution is 5.73. The van der Waals surface area contributed by atoms with Gasteiger partial charge in [0.2, 0.25) is 5.91 Å². The van der Waals surface area contributed by atoms with Crippen molar-refractivity contribution in [1.82, 2.24) is 4.90 Å². The number of nitrogens with zero attached hydrogens (tertiary/aromatic N) is 1. The van der Waals surface area contributed by atoms with Gasteiger partial charge in [0, 0.05) is 20.0 Å². The van der Waals surface area contributed by atoms with Crippen molar-refractivity contribution < 1.29 is 4.79 Å². The number of carbonyl (C=O) groups is 1. The molecule has 2 heteroatoms. The number of hydrogen-bond donors (Lipinski definition) is 0. The van der Waals surface area contributed by atoms with Crippen LogP contribution in [0.25, 0.3) is 0 Å². The lowest BCUT2D eigenvalue weighted by Crippen LogP contribution is -2.36. The van der Waals surface area contributed by atoms with Crippen LogP contribution in [-0.4, -0.2) is 23.9 Å². The van der Waals surface area contributed by atoms with Crippen LogP contribution in [0.15, 0.2) is 0 Å². The van der Waals surface area contributed by atoms with Crippen LogP contribution in [0.3, 0.4) is 0 Å². The fourth-order valence-corrected chi connectivity index (χ4v) is 1.32. The van der Waals surface area contributed by atoms with E-state index in [0.717, 1.165) is 19.0 Å². The number of hydrogen-bond acceptors (Lipinski definition) is 1. The van der Waals surface area contributed by atoms with Gasteiger partial charge in [-0.3, -0.25) is 4.79 Å². The van der Waals surface area contributed by atoms with Gasteiger partial charge in [-0.2, -0.15) is 0 Å². The zero-order valence-electron chi connectivity index (χ0n) is 6.76. The molecule has 1 saturated heterocycles. The predicted molar refractivity (Wildman–Crippen MR) is 47.4 cm³/mol. The average Bonchev–Trinajstić information content (AvgIpc) is 1.88. The van der Waals surface area contributed by atoms with E-state index in [2.05, 4.69) is 6.92 Å². The van der Waals surface area contributed by atoms with Crippen molar-refractivity contribution in [2.75, 3.05) is 13.1 Å². The molecule has 0 unspecified atom stereocenters. The summed E-state index contributed by atoms with van der Waals surface area (Å²) >= 11 is 0. The third kappa shape index (κ3) is 2.91. The highest BCUT2D eigenvalue weighted by atomic mass is 16.2. The minimum absolute atomic E-state index is 0. The molecule has 1 amide bonds. The quantitative estimate of drug-likeness (QED) is 0.526. The zero-order valence-corrected chi connectivity index (χ0v) is 6.76. The van der Waals surface area contributed by atoms with E-state index >= 15 is 0 Å². The normalized spacial score (nSPS) is 19.3. The van der Waals surface area contributed by atoms with Crippen LogP contribution in [0.2, 0.25) is 0 Å². The standard InChI is InChI=1S/C8H15NO.CH4/c1-7-3-5-9(6-4-7)8(2)10;/h7H,3-6H2,1-2H3;1H4. The summed E-state index contributed by atoms with van der Waals surface area (Å²) in [6.07, 6.45) is 2.36. The number of carbonyl (C=O) groups excluding carboxylic acids is 1. The zero-order chi connectivity index (χ0) is 7.56. The molecule has 11 heavy (non-hydrogen) atoms. The van der Waals surface area contributed by atoms with Gasteiger partial charge in [0.25, 0.3) is 0 Å². The second-order valence-electron chi connectivity index (χ2n) is 3.19. The van der Waals surface area contributed by atoms with Crippen LogP contribution < -0.4 is 0 Å². The van der Waals surface area contributed by atoms with E-state index in [0.29, 0.717) is 0 Å². The van der Waals surface area contributed by atoms with Gasteiger partial charge in [-0.15, -0.1) is 0 Å². The third-order valence-electron chi connectivity index (χ3n) is 2.23. The molecule has 0 spiro atoms. The summed E-state index contributed by atoms with van der Waals surface area (Å²) in [5.41, 5.74) is 0. The topological polar surface area (TPSA) is 20.3 Å². The van der Waals surface area contributed by atoms with E-state index in [-0.39, 0.29) is 13.3 Å². The van der Waals surface area contributed by atoms with E-state index in [9.17, 15) is 4.79 Å². The van der Waals surface area contributed by atoms with Crippen molar-refractivity contribution in [3.8, 4) is 0 Å². The Hall–Kier alpha value is -0.530. The fourth-order valence-electron chi connectivity index (χ4n) is 1.32. The molecule has 0 N–H and O–H groups in total. The molecule has 0 radical (unpaired) electrons. The Balaban J connectivity index is 0.000001000. The monoisotopic (exact) mass is 157 g/mol. The molecule has 0 aliphatic carbocycles. The number of rotatable bonds is 0. The van der Waals surface area contributed by atoms with Gasteiger partial charge in [-0.05, 0) is 18.8 Å². The van der Waals surface area contributed by atoms with E-state index in [1.807, 2.05) is 4.90 Å². The molecule has 0 saturated carbocycles. The van der Waals surface area contributed by atoms with Crippen molar-refractivity contribution >= 4 is 5.91 Å². The van der Waals surface area contributed by atoms with Crippen LogP contribution >= 0.6 is 0 Å². The molecule has 1 heterocycles. The van der Waals surface area contributed by atoms with Gasteiger partial charge >= 0.3 is 0 Å². The summed E-state index contributed by atoms with van der Waals surface area (Å²) in [4.78, 5) is 12.8. The first kappa shape index (κ1) is 10.5. The van der Waals surface area contributed by atoms with Crippen LogP contribution in [0, 0.1) is 5.92 Å². The molecule has 0 bridgehead atoms. The molecule has 1 aliphatic heterocycles. The first-order valence-electron chi connectivity index (χ1n) is 3.95. The summed E-state index contributed by atoms with van der Waals surface area (Å²) in [5.74, 6) is 1.04. The van der Waals surface area contributed by atoms with E-state index in [4.69, 9.17) is 0 Å². The summed E-state index contributed by atoms with van der Waals surface area (Å²) in [5, 5.41) is 0. The molecular formula is C9H19NO. The molecule has 0 aromatic heterocycles. The van der Waals surface area contributed by atoms with Crippen molar-refractivity contribution in [2.45, 2.75) is 34.1 Å². The van der Waals surface area contributed by atoms with Gasteiger partial charge in [-0.1, -0.05) is 14.4 Å². The molecule has 1 fully saturated rings. The summed E-state index contributed by atoms with van der Waals surface area (Å²) < 4.78 is 0. The van der Waals surface area contributed by atoms with Crippen molar-refractivity contribution in [2.24, 2.45) is 5.92 Å². The lowest BCUT2D eigenvalue weighted by atomic mass is 9.99. The minimum atomic E-state index is 0. The van der Waals surface area contributed by atoms with E-state index < -0.39 is 0 Å². The van der Waals surface area contributed by atoms with E-state index in [1.165, 1.54) is 12.8 Å². The molecule has 0 atom stereocenters. The molecule has 0 aromatic rings. The summed E-state index contributed by atoms with van der Waals surface area (Å²) in [6.45, 7) is 5.83. The smallest absolute Gasteiger partial charge is 0.219 e. The predicted octanol–water partition coefficient (Wildman–Crippen LogP) is 1.90. The highest BCUT2D eigenvalue weighted by Crippen LogP contribution is 2.15. The average molecular weight is 157 g/mol. The van der Waals surface area contributed by atoms with Gasteiger partial charge in [0.05, 0.1) is 0 Å². The number of likely N-dealkylation sites (tertiary alicyclic amines) is 1. The third-order valence-corrected chi connectivity index (χ3v) is 2.23. The highest BCUT2D eigenvalue weighted by Gasteiger charge is 2.16. The maximum atomic E-state index is 10.8. The minimum Gasteiger partial charge on any atom is -0.343 e. The van der Waals surface area contributed by atoms with Crippen LogP contribution in [0.5, 0.6) is 0 Å². The first-order valence-corrected chi connectivity index (χ1v) is 3.95. The number of amides is 1. The van der Waals surface area contributed by atoms with Crippen LogP contribution in [-0.2, 0) is 4.79 Å². The summed E-state index contributed by atoms with van der Waals surface area (Å²) in [6, 6.07) is 0. The Labute approximate surface area is 69.6 Å². The summed E-state index contributed by atoms with van der Waals surface area (Å²) in [7, 11) is 0. The molecule has 0 aromatic carbocycles. The van der Waals surface area contributed by atoms with Gasteiger partial charge in [0.1, 0.15) is 0 Å². The van der Waals surface area contributed by atoms with Crippen LogP contribution in [0.1, 0.15) is 34.1 Å².